The van der Waals surface area contributed by atoms with Gasteiger partial charge in [0.05, 0.1) is 28.5 Å². The number of likely N-dealkylation sites (N-methyl/N-ethyl adjacent to an activating group) is 1. The summed E-state index contributed by atoms with van der Waals surface area (Å²) in [5, 5.41) is 5.80. The van der Waals surface area contributed by atoms with Gasteiger partial charge >= 0.3 is 0 Å². The maximum absolute atomic E-state index is 6.46. The second-order valence-electron chi connectivity index (χ2n) is 9.00. The van der Waals surface area contributed by atoms with E-state index in [2.05, 4.69) is 40.1 Å². The number of pyridine rings is 1. The highest BCUT2D eigenvalue weighted by Gasteiger charge is 2.15. The van der Waals surface area contributed by atoms with Crippen LogP contribution in [-0.2, 0) is 0 Å². The molecule has 0 atom stereocenters. The van der Waals surface area contributed by atoms with Gasteiger partial charge in [0.2, 0.25) is 0 Å². The molecule has 0 amide bonds. The molecule has 5 nitrogen and oxygen atoms in total. The number of aryl methyl sites for hydroxylation is 3. The largest absolute Gasteiger partial charge is 0.493 e. The Morgan fingerprint density at radius 1 is 0.939 bits per heavy atom. The number of halogens is 2. The van der Waals surface area contributed by atoms with Crippen LogP contribution in [0.25, 0.3) is 10.9 Å². The highest BCUT2D eigenvalue weighted by atomic mass is 35.5. The lowest BCUT2D eigenvalue weighted by molar-refractivity contribution is 0.145. The zero-order chi connectivity index (χ0) is 23.5. The van der Waals surface area contributed by atoms with E-state index in [0.717, 1.165) is 83.9 Å². The first-order valence-electron chi connectivity index (χ1n) is 11.5. The lowest BCUT2D eigenvalue weighted by Gasteiger charge is -2.32. The van der Waals surface area contributed by atoms with Crippen LogP contribution >= 0.6 is 23.2 Å². The van der Waals surface area contributed by atoms with Crippen LogP contribution in [0.15, 0.2) is 30.5 Å². The molecular formula is C26H32Cl2N4O. The van der Waals surface area contributed by atoms with Crippen LogP contribution in [0.1, 0.15) is 23.1 Å². The minimum Gasteiger partial charge on any atom is -0.493 e. The summed E-state index contributed by atoms with van der Waals surface area (Å²) in [7, 11) is 2.19. The fourth-order valence-corrected chi connectivity index (χ4v) is 4.61. The van der Waals surface area contributed by atoms with Crippen molar-refractivity contribution in [2.75, 3.05) is 51.7 Å². The number of aromatic nitrogens is 1. The van der Waals surface area contributed by atoms with Crippen LogP contribution in [0.4, 0.5) is 11.4 Å². The third-order valence-electron chi connectivity index (χ3n) is 6.33. The number of nitrogens with zero attached hydrogens (tertiary/aromatic N) is 3. The summed E-state index contributed by atoms with van der Waals surface area (Å²) in [5.74, 6) is 0.892. The maximum atomic E-state index is 6.46. The average Bonchev–Trinajstić information content (AvgIpc) is 2.78. The average molecular weight is 487 g/mol. The van der Waals surface area contributed by atoms with Crippen molar-refractivity contribution in [2.24, 2.45) is 0 Å². The van der Waals surface area contributed by atoms with Gasteiger partial charge in [-0.3, -0.25) is 4.98 Å². The van der Waals surface area contributed by atoms with E-state index >= 15 is 0 Å². The van der Waals surface area contributed by atoms with Crippen molar-refractivity contribution in [2.45, 2.75) is 27.2 Å². The SMILES string of the molecule is Cc1cc(Nc2c(C)cnc3cc(OCCCN4CCN(C)CC4)c(C)cc23)c(Cl)cc1Cl. The van der Waals surface area contributed by atoms with E-state index in [1.54, 1.807) is 6.07 Å². The van der Waals surface area contributed by atoms with Gasteiger partial charge in [-0.2, -0.15) is 0 Å². The number of anilines is 2. The molecule has 0 aliphatic carbocycles. The van der Waals surface area contributed by atoms with E-state index in [1.165, 1.54) is 0 Å². The lowest BCUT2D eigenvalue weighted by atomic mass is 10.1. The van der Waals surface area contributed by atoms with Crippen molar-refractivity contribution < 1.29 is 4.74 Å². The Bertz CT molecular complexity index is 1140. The molecule has 1 fully saturated rings. The number of ether oxygens (including phenoxy) is 1. The number of nitrogens with one attached hydrogen (secondary N) is 1. The second kappa shape index (κ2) is 10.5. The molecule has 1 aliphatic rings. The Hall–Kier alpha value is -2.05. The molecular weight excluding hydrogens is 455 g/mol. The van der Waals surface area contributed by atoms with E-state index in [4.69, 9.17) is 27.9 Å². The zero-order valence-corrected chi connectivity index (χ0v) is 21.4. The first-order chi connectivity index (χ1) is 15.8. The van der Waals surface area contributed by atoms with Gasteiger partial charge in [0, 0.05) is 55.4 Å². The van der Waals surface area contributed by atoms with E-state index in [9.17, 15) is 0 Å². The smallest absolute Gasteiger partial charge is 0.124 e. The van der Waals surface area contributed by atoms with Gasteiger partial charge in [0.25, 0.3) is 0 Å². The summed E-state index contributed by atoms with van der Waals surface area (Å²) in [6, 6.07) is 7.93. The highest BCUT2D eigenvalue weighted by molar-refractivity contribution is 6.37. The van der Waals surface area contributed by atoms with Crippen molar-refractivity contribution in [3.05, 3.63) is 57.2 Å². The molecule has 0 saturated carbocycles. The van der Waals surface area contributed by atoms with E-state index in [0.29, 0.717) is 16.7 Å². The molecule has 0 spiro atoms. The van der Waals surface area contributed by atoms with Crippen LogP contribution in [0.2, 0.25) is 10.0 Å². The zero-order valence-electron chi connectivity index (χ0n) is 19.8. The van der Waals surface area contributed by atoms with Crippen LogP contribution in [0.5, 0.6) is 5.75 Å². The summed E-state index contributed by atoms with van der Waals surface area (Å²) < 4.78 is 6.16. The minimum atomic E-state index is 0.590. The quantitative estimate of drug-likeness (QED) is 0.401. The van der Waals surface area contributed by atoms with Gasteiger partial charge in [-0.15, -0.1) is 0 Å². The van der Waals surface area contributed by atoms with Crippen LogP contribution < -0.4 is 10.1 Å². The van der Waals surface area contributed by atoms with Crippen LogP contribution in [0, 0.1) is 20.8 Å². The molecule has 2 aromatic carbocycles. The molecule has 3 aromatic rings. The van der Waals surface area contributed by atoms with Crippen molar-refractivity contribution in [1.82, 2.24) is 14.8 Å². The standard InChI is InChI=1S/C26H32Cl2N4O/c1-17-13-24(22(28)14-21(17)27)30-26-19(3)16-29-23-15-25(18(2)12-20(23)26)33-11-5-6-32-9-7-31(4)8-10-32/h12-16H,5-11H2,1-4H3,(H,29,30). The molecule has 2 heterocycles. The van der Waals surface area contributed by atoms with E-state index in [-0.39, 0.29) is 0 Å². The Kier molecular flexibility index (Phi) is 7.65. The van der Waals surface area contributed by atoms with Crippen molar-refractivity contribution in [1.29, 1.82) is 0 Å². The van der Waals surface area contributed by atoms with Crippen molar-refractivity contribution in [3.8, 4) is 5.75 Å². The highest BCUT2D eigenvalue weighted by Crippen LogP contribution is 2.36. The number of fused-ring (bicyclic) bond motifs is 1. The van der Waals surface area contributed by atoms with Gasteiger partial charge in [0.15, 0.2) is 0 Å². The normalized spacial score (nSPS) is 15.2. The Morgan fingerprint density at radius 2 is 1.70 bits per heavy atom. The number of hydrogen-bond donors (Lipinski definition) is 1. The molecule has 0 bridgehead atoms. The molecule has 0 radical (unpaired) electrons. The Balaban J connectivity index is 1.49. The van der Waals surface area contributed by atoms with E-state index < -0.39 is 0 Å². The lowest BCUT2D eigenvalue weighted by Crippen LogP contribution is -2.44. The van der Waals surface area contributed by atoms with Gasteiger partial charge in [0.1, 0.15) is 5.75 Å². The van der Waals surface area contributed by atoms with Crippen LogP contribution in [0.3, 0.4) is 0 Å². The monoisotopic (exact) mass is 486 g/mol. The summed E-state index contributed by atoms with van der Waals surface area (Å²) in [6.07, 6.45) is 2.90. The first kappa shape index (κ1) is 24.1. The summed E-state index contributed by atoms with van der Waals surface area (Å²) >= 11 is 12.7. The third-order valence-corrected chi connectivity index (χ3v) is 7.05. The topological polar surface area (TPSA) is 40.6 Å². The number of hydrogen-bond acceptors (Lipinski definition) is 5. The van der Waals surface area contributed by atoms with Gasteiger partial charge in [-0.1, -0.05) is 23.2 Å². The fraction of sp³-hybridized carbons (Fsp3) is 0.423. The summed E-state index contributed by atoms with van der Waals surface area (Å²) in [4.78, 5) is 9.56. The molecule has 1 N–H and O–H groups in total. The second-order valence-corrected chi connectivity index (χ2v) is 9.82. The van der Waals surface area contributed by atoms with Gasteiger partial charge < -0.3 is 19.9 Å². The number of benzene rings is 2. The van der Waals surface area contributed by atoms with Crippen LogP contribution in [-0.4, -0.2) is 61.2 Å². The third kappa shape index (κ3) is 5.72. The number of rotatable bonds is 7. The predicted molar refractivity (Wildman–Crippen MR) is 140 cm³/mol. The number of piperazine rings is 1. The molecule has 33 heavy (non-hydrogen) atoms. The molecule has 4 rings (SSSR count). The van der Waals surface area contributed by atoms with E-state index in [1.807, 2.05) is 32.2 Å². The Labute approximate surface area is 206 Å². The molecule has 176 valence electrons. The fourth-order valence-electron chi connectivity index (χ4n) is 4.18. The molecule has 1 aliphatic heterocycles. The van der Waals surface area contributed by atoms with Crippen molar-refractivity contribution >= 4 is 45.5 Å². The summed E-state index contributed by atoms with van der Waals surface area (Å²) in [5.41, 5.74) is 5.83. The van der Waals surface area contributed by atoms with Gasteiger partial charge in [-0.05, 0) is 69.1 Å². The first-order valence-corrected chi connectivity index (χ1v) is 12.2. The molecule has 1 saturated heterocycles. The Morgan fingerprint density at radius 3 is 2.45 bits per heavy atom. The molecule has 7 heteroatoms. The van der Waals surface area contributed by atoms with Crippen molar-refractivity contribution in [3.63, 3.8) is 0 Å². The predicted octanol–water partition coefficient (Wildman–Crippen LogP) is 6.23. The molecule has 1 aromatic heterocycles. The molecule has 0 unspecified atom stereocenters. The minimum absolute atomic E-state index is 0.590. The summed E-state index contributed by atoms with van der Waals surface area (Å²) in [6.45, 7) is 12.5. The van der Waals surface area contributed by atoms with Gasteiger partial charge in [-0.25, -0.2) is 0 Å². The maximum Gasteiger partial charge on any atom is 0.124 e.